The number of rotatable bonds is 7. The van der Waals surface area contributed by atoms with Crippen LogP contribution in [0.2, 0.25) is 0 Å². The minimum absolute atomic E-state index is 0.0386. The summed E-state index contributed by atoms with van der Waals surface area (Å²) in [4.78, 5) is 24.2. The van der Waals surface area contributed by atoms with Gasteiger partial charge in [-0.2, -0.15) is 0 Å². The molecule has 0 fully saturated rings. The Kier molecular flexibility index (Phi) is 6.92. The van der Waals surface area contributed by atoms with Gasteiger partial charge in [0, 0.05) is 12.1 Å². The lowest BCUT2D eigenvalue weighted by Gasteiger charge is -2.22. The highest BCUT2D eigenvalue weighted by atomic mass is 16.2. The minimum atomic E-state index is -0.509. The fraction of sp³-hybridized carbons (Fsp3) is 0.529. The lowest BCUT2D eigenvalue weighted by molar-refractivity contribution is -0.127. The topological polar surface area (TPSA) is 58.2 Å². The van der Waals surface area contributed by atoms with Crippen molar-refractivity contribution in [1.29, 1.82) is 0 Å². The number of anilines is 1. The van der Waals surface area contributed by atoms with Crippen LogP contribution in [0.15, 0.2) is 30.3 Å². The lowest BCUT2D eigenvalue weighted by atomic mass is 10.0. The number of carbonyl (C=O) groups excluding carboxylic acids is 2. The molecule has 2 N–H and O–H groups in total. The van der Waals surface area contributed by atoms with Crippen LogP contribution in [-0.2, 0) is 9.59 Å². The molecule has 1 aromatic carbocycles. The third-order valence-corrected chi connectivity index (χ3v) is 3.26. The summed E-state index contributed by atoms with van der Waals surface area (Å²) >= 11 is 0. The van der Waals surface area contributed by atoms with E-state index in [0.717, 1.165) is 12.1 Å². The van der Waals surface area contributed by atoms with Crippen LogP contribution in [0.5, 0.6) is 0 Å². The van der Waals surface area contributed by atoms with E-state index >= 15 is 0 Å². The number of carbonyl (C=O) groups is 2. The Morgan fingerprint density at radius 3 is 2.19 bits per heavy atom. The van der Waals surface area contributed by atoms with Crippen LogP contribution in [0.1, 0.15) is 40.5 Å². The Balaban J connectivity index is 2.60. The molecule has 116 valence electrons. The van der Waals surface area contributed by atoms with Gasteiger partial charge in [0.1, 0.15) is 6.04 Å². The number of nitrogens with one attached hydrogen (secondary N) is 2. The van der Waals surface area contributed by atoms with Crippen molar-refractivity contribution in [1.82, 2.24) is 5.32 Å². The first-order valence-corrected chi connectivity index (χ1v) is 7.55. The summed E-state index contributed by atoms with van der Waals surface area (Å²) in [5.41, 5.74) is 0.740. The van der Waals surface area contributed by atoms with Crippen molar-refractivity contribution < 1.29 is 9.59 Å². The molecule has 0 aromatic heterocycles. The van der Waals surface area contributed by atoms with Crippen LogP contribution in [0.3, 0.4) is 0 Å². The lowest BCUT2D eigenvalue weighted by Crippen LogP contribution is -2.47. The molecule has 0 saturated carbocycles. The van der Waals surface area contributed by atoms with Gasteiger partial charge in [-0.3, -0.25) is 9.59 Å². The number of para-hydroxylation sites is 1. The standard InChI is InChI=1S/C17H26N2O2/c1-12(2)10-11-15(20)19-16(13(3)4)17(21)18-14-8-6-5-7-9-14/h5-9,12-13,16H,10-11H2,1-4H3,(H,18,21)(H,19,20)/t16-/m0/s1. The van der Waals surface area contributed by atoms with Gasteiger partial charge in [0.2, 0.25) is 11.8 Å². The van der Waals surface area contributed by atoms with Gasteiger partial charge in [-0.25, -0.2) is 0 Å². The third kappa shape index (κ3) is 6.43. The summed E-state index contributed by atoms with van der Waals surface area (Å²) in [5, 5.41) is 5.68. The van der Waals surface area contributed by atoms with Gasteiger partial charge >= 0.3 is 0 Å². The second kappa shape index (κ2) is 8.45. The van der Waals surface area contributed by atoms with E-state index in [1.165, 1.54) is 0 Å². The second-order valence-electron chi connectivity index (χ2n) is 6.08. The van der Waals surface area contributed by atoms with Crippen LogP contribution in [-0.4, -0.2) is 17.9 Å². The van der Waals surface area contributed by atoms with Crippen molar-refractivity contribution >= 4 is 17.5 Å². The van der Waals surface area contributed by atoms with E-state index in [9.17, 15) is 9.59 Å². The predicted molar refractivity (Wildman–Crippen MR) is 85.9 cm³/mol. The zero-order valence-electron chi connectivity index (χ0n) is 13.3. The molecule has 0 aliphatic heterocycles. The fourth-order valence-electron chi connectivity index (χ4n) is 1.94. The number of hydrogen-bond donors (Lipinski definition) is 2. The van der Waals surface area contributed by atoms with Crippen molar-refractivity contribution in [3.05, 3.63) is 30.3 Å². The maximum atomic E-state index is 12.3. The van der Waals surface area contributed by atoms with Crippen molar-refractivity contribution in [2.24, 2.45) is 11.8 Å². The fourth-order valence-corrected chi connectivity index (χ4v) is 1.94. The molecule has 1 rings (SSSR count). The van der Waals surface area contributed by atoms with Crippen molar-refractivity contribution in [2.75, 3.05) is 5.32 Å². The van der Waals surface area contributed by atoms with Crippen LogP contribution >= 0.6 is 0 Å². The van der Waals surface area contributed by atoms with Crippen molar-refractivity contribution in [3.8, 4) is 0 Å². The van der Waals surface area contributed by atoms with E-state index in [-0.39, 0.29) is 17.7 Å². The van der Waals surface area contributed by atoms with Gasteiger partial charge in [-0.1, -0.05) is 45.9 Å². The SMILES string of the molecule is CC(C)CCC(=O)N[C@H](C(=O)Nc1ccccc1)C(C)C. The average molecular weight is 290 g/mol. The van der Waals surface area contributed by atoms with Gasteiger partial charge in [-0.05, 0) is 30.4 Å². The first-order valence-electron chi connectivity index (χ1n) is 7.55. The van der Waals surface area contributed by atoms with Gasteiger partial charge in [0.05, 0.1) is 0 Å². The Labute approximate surface area is 127 Å². The molecule has 0 aliphatic rings. The summed E-state index contributed by atoms with van der Waals surface area (Å²) < 4.78 is 0. The zero-order chi connectivity index (χ0) is 15.8. The minimum Gasteiger partial charge on any atom is -0.344 e. The molecule has 21 heavy (non-hydrogen) atoms. The molecule has 0 unspecified atom stereocenters. The van der Waals surface area contributed by atoms with Crippen molar-refractivity contribution in [3.63, 3.8) is 0 Å². The largest absolute Gasteiger partial charge is 0.344 e. The molecule has 0 bridgehead atoms. The molecule has 0 saturated heterocycles. The number of amides is 2. The Morgan fingerprint density at radius 1 is 1.05 bits per heavy atom. The summed E-state index contributed by atoms with van der Waals surface area (Å²) in [6.07, 6.45) is 1.29. The van der Waals surface area contributed by atoms with E-state index in [2.05, 4.69) is 24.5 Å². The molecule has 0 aliphatic carbocycles. The van der Waals surface area contributed by atoms with E-state index in [4.69, 9.17) is 0 Å². The average Bonchev–Trinajstić information content (AvgIpc) is 2.43. The molecule has 0 spiro atoms. The molecule has 1 aromatic rings. The molecular weight excluding hydrogens is 264 g/mol. The van der Waals surface area contributed by atoms with E-state index in [1.54, 1.807) is 0 Å². The first-order chi connectivity index (χ1) is 9.90. The van der Waals surface area contributed by atoms with Crippen LogP contribution in [0, 0.1) is 11.8 Å². The second-order valence-corrected chi connectivity index (χ2v) is 6.08. The number of benzene rings is 1. The van der Waals surface area contributed by atoms with Gasteiger partial charge in [0.15, 0.2) is 0 Å². The van der Waals surface area contributed by atoms with Crippen LogP contribution < -0.4 is 10.6 Å². The van der Waals surface area contributed by atoms with Crippen LogP contribution in [0.25, 0.3) is 0 Å². The van der Waals surface area contributed by atoms with Gasteiger partial charge in [-0.15, -0.1) is 0 Å². The monoisotopic (exact) mass is 290 g/mol. The van der Waals surface area contributed by atoms with Gasteiger partial charge < -0.3 is 10.6 Å². The molecule has 4 heteroatoms. The summed E-state index contributed by atoms with van der Waals surface area (Å²) in [6.45, 7) is 8.01. The Bertz CT molecular complexity index is 455. The number of hydrogen-bond acceptors (Lipinski definition) is 2. The van der Waals surface area contributed by atoms with Crippen LogP contribution in [0.4, 0.5) is 5.69 Å². The first kappa shape index (κ1) is 17.2. The maximum Gasteiger partial charge on any atom is 0.247 e. The highest BCUT2D eigenvalue weighted by Gasteiger charge is 2.24. The van der Waals surface area contributed by atoms with E-state index < -0.39 is 6.04 Å². The predicted octanol–water partition coefficient (Wildman–Crippen LogP) is 3.20. The highest BCUT2D eigenvalue weighted by molar-refractivity contribution is 5.97. The smallest absolute Gasteiger partial charge is 0.247 e. The van der Waals surface area contributed by atoms with E-state index in [0.29, 0.717) is 12.3 Å². The third-order valence-electron chi connectivity index (χ3n) is 3.26. The van der Waals surface area contributed by atoms with Crippen molar-refractivity contribution in [2.45, 2.75) is 46.6 Å². The Hall–Kier alpha value is -1.84. The summed E-state index contributed by atoms with van der Waals surface area (Å²) in [5.74, 6) is 0.280. The van der Waals surface area contributed by atoms with E-state index in [1.807, 2.05) is 44.2 Å². The quantitative estimate of drug-likeness (QED) is 0.810. The summed E-state index contributed by atoms with van der Waals surface area (Å²) in [7, 11) is 0. The van der Waals surface area contributed by atoms with Gasteiger partial charge in [0.25, 0.3) is 0 Å². The zero-order valence-corrected chi connectivity index (χ0v) is 13.3. The molecular formula is C17H26N2O2. The molecule has 0 heterocycles. The normalized spacial score (nSPS) is 12.3. The molecule has 1 atom stereocenters. The highest BCUT2D eigenvalue weighted by Crippen LogP contribution is 2.10. The molecule has 0 radical (unpaired) electrons. The molecule has 2 amide bonds. The maximum absolute atomic E-state index is 12.3. The summed E-state index contributed by atoms with van der Waals surface area (Å²) in [6, 6.07) is 8.77. The molecule has 4 nitrogen and oxygen atoms in total. The Morgan fingerprint density at radius 2 is 1.67 bits per heavy atom.